The summed E-state index contributed by atoms with van der Waals surface area (Å²) < 4.78 is 34.9. The van der Waals surface area contributed by atoms with Gasteiger partial charge in [-0.25, -0.2) is 13.2 Å². The molecule has 2 N–H and O–H groups in total. The standard InChI is InChI=1S/C30H41NO5S/c1-18(2)22-12-14-25(15-13-22)37(34,35)31-24-11-9-10-23(16-24)27(19(3)4)28-26(32)17-30(20(5)6,21(7)8)36-29(28)33/h9-16,18-21,27,31-32H,17H2,1-8H3. The second-order valence-electron chi connectivity index (χ2n) is 11.4. The third kappa shape index (κ3) is 5.87. The Hall–Kier alpha value is -2.80. The number of aliphatic hydroxyl groups is 1. The fourth-order valence-electron chi connectivity index (χ4n) is 5.28. The molecule has 0 spiro atoms. The summed E-state index contributed by atoms with van der Waals surface area (Å²) in [6.07, 6.45) is 0.255. The average Bonchev–Trinajstić information content (AvgIpc) is 2.80. The van der Waals surface area contributed by atoms with Crippen LogP contribution >= 0.6 is 0 Å². The summed E-state index contributed by atoms with van der Waals surface area (Å²) in [5.74, 6) is -0.604. The number of sulfonamides is 1. The van der Waals surface area contributed by atoms with Crippen LogP contribution in [0.25, 0.3) is 0 Å². The molecule has 1 heterocycles. The molecule has 2 aromatic rings. The Morgan fingerprint density at radius 3 is 1.97 bits per heavy atom. The summed E-state index contributed by atoms with van der Waals surface area (Å²) in [7, 11) is -3.80. The topological polar surface area (TPSA) is 92.7 Å². The number of ether oxygens (including phenoxy) is 1. The molecule has 0 saturated heterocycles. The van der Waals surface area contributed by atoms with Gasteiger partial charge >= 0.3 is 5.97 Å². The van der Waals surface area contributed by atoms with E-state index in [0.29, 0.717) is 11.6 Å². The van der Waals surface area contributed by atoms with Gasteiger partial charge in [0.25, 0.3) is 10.0 Å². The summed E-state index contributed by atoms with van der Waals surface area (Å²) in [5, 5.41) is 11.2. The molecule has 1 aliphatic rings. The van der Waals surface area contributed by atoms with Crippen LogP contribution < -0.4 is 4.72 Å². The molecule has 1 atom stereocenters. The van der Waals surface area contributed by atoms with Gasteiger partial charge < -0.3 is 9.84 Å². The first-order valence-corrected chi connectivity index (χ1v) is 14.6. The van der Waals surface area contributed by atoms with Crippen LogP contribution in [0.3, 0.4) is 0 Å². The number of esters is 1. The Morgan fingerprint density at radius 1 is 0.892 bits per heavy atom. The molecular formula is C30H41NO5S. The molecule has 0 fully saturated rings. The summed E-state index contributed by atoms with van der Waals surface area (Å²) in [4.78, 5) is 13.5. The highest BCUT2D eigenvalue weighted by atomic mass is 32.2. The van der Waals surface area contributed by atoms with E-state index in [1.165, 1.54) is 0 Å². The molecule has 1 aliphatic heterocycles. The van der Waals surface area contributed by atoms with Crippen molar-refractivity contribution >= 4 is 21.7 Å². The van der Waals surface area contributed by atoms with Gasteiger partial charge in [-0.05, 0) is 59.1 Å². The third-order valence-electron chi connectivity index (χ3n) is 7.54. The molecule has 7 heteroatoms. The molecule has 0 aromatic heterocycles. The number of rotatable bonds is 9. The number of hydrogen-bond acceptors (Lipinski definition) is 5. The van der Waals surface area contributed by atoms with Crippen LogP contribution in [-0.4, -0.2) is 25.1 Å². The minimum absolute atomic E-state index is 0.0324. The van der Waals surface area contributed by atoms with Crippen LogP contribution in [0, 0.1) is 17.8 Å². The van der Waals surface area contributed by atoms with Gasteiger partial charge in [0, 0.05) is 18.0 Å². The van der Waals surface area contributed by atoms with Gasteiger partial charge in [0.2, 0.25) is 0 Å². The van der Waals surface area contributed by atoms with Crippen molar-refractivity contribution in [1.82, 2.24) is 0 Å². The van der Waals surface area contributed by atoms with Crippen LogP contribution in [0.2, 0.25) is 0 Å². The molecule has 3 rings (SSSR count). The Bertz CT molecular complexity index is 1250. The van der Waals surface area contributed by atoms with Gasteiger partial charge in [-0.3, -0.25) is 4.72 Å². The Balaban J connectivity index is 1.97. The monoisotopic (exact) mass is 527 g/mol. The van der Waals surface area contributed by atoms with Crippen molar-refractivity contribution in [1.29, 1.82) is 0 Å². The maximum Gasteiger partial charge on any atom is 0.338 e. The van der Waals surface area contributed by atoms with Gasteiger partial charge in [0.05, 0.1) is 10.5 Å². The Morgan fingerprint density at radius 2 is 1.49 bits per heavy atom. The number of hydrogen-bond donors (Lipinski definition) is 2. The summed E-state index contributed by atoms with van der Waals surface area (Å²) in [6.45, 7) is 16.0. The number of carbonyl (C=O) groups is 1. The second-order valence-corrected chi connectivity index (χ2v) is 13.0. The molecular weight excluding hydrogens is 486 g/mol. The summed E-state index contributed by atoms with van der Waals surface area (Å²) >= 11 is 0. The van der Waals surface area contributed by atoms with E-state index in [1.807, 2.05) is 59.7 Å². The van der Waals surface area contributed by atoms with Crippen molar-refractivity contribution in [2.75, 3.05) is 4.72 Å². The zero-order chi connectivity index (χ0) is 27.7. The minimum Gasteiger partial charge on any atom is -0.512 e. The normalized spacial score (nSPS) is 17.0. The van der Waals surface area contributed by atoms with Crippen LogP contribution in [0.4, 0.5) is 5.69 Å². The molecule has 0 amide bonds. The zero-order valence-electron chi connectivity index (χ0n) is 23.2. The van der Waals surface area contributed by atoms with E-state index in [2.05, 4.69) is 18.6 Å². The van der Waals surface area contributed by atoms with Crippen molar-refractivity contribution in [3.8, 4) is 0 Å². The number of carbonyl (C=O) groups excluding carboxylic acids is 1. The van der Waals surface area contributed by atoms with Crippen LogP contribution in [-0.2, 0) is 19.6 Å². The highest BCUT2D eigenvalue weighted by Crippen LogP contribution is 2.45. The van der Waals surface area contributed by atoms with E-state index in [4.69, 9.17) is 4.74 Å². The van der Waals surface area contributed by atoms with E-state index in [9.17, 15) is 18.3 Å². The first-order valence-electron chi connectivity index (χ1n) is 13.1. The van der Waals surface area contributed by atoms with Crippen molar-refractivity contribution in [3.05, 3.63) is 71.0 Å². The maximum absolute atomic E-state index is 13.4. The van der Waals surface area contributed by atoms with Gasteiger partial charge in [0.15, 0.2) is 0 Å². The lowest BCUT2D eigenvalue weighted by atomic mass is 9.72. The first kappa shape index (κ1) is 28.8. The zero-order valence-corrected chi connectivity index (χ0v) is 24.0. The van der Waals surface area contributed by atoms with Crippen LogP contribution in [0.1, 0.15) is 84.8 Å². The Labute approximate surface area is 222 Å². The highest BCUT2D eigenvalue weighted by Gasteiger charge is 2.48. The van der Waals surface area contributed by atoms with Crippen LogP contribution in [0.5, 0.6) is 0 Å². The van der Waals surface area contributed by atoms with Crippen molar-refractivity contribution in [2.24, 2.45) is 17.8 Å². The molecule has 37 heavy (non-hydrogen) atoms. The molecule has 0 saturated carbocycles. The van der Waals surface area contributed by atoms with Gasteiger partial charge in [-0.1, -0.05) is 79.7 Å². The fraction of sp³-hybridized carbons (Fsp3) is 0.500. The largest absolute Gasteiger partial charge is 0.512 e. The van der Waals surface area contributed by atoms with Crippen molar-refractivity contribution in [2.45, 2.75) is 84.1 Å². The van der Waals surface area contributed by atoms with E-state index >= 15 is 0 Å². The molecule has 2 aromatic carbocycles. The number of cyclic esters (lactones) is 1. The number of aliphatic hydroxyl groups excluding tert-OH is 1. The predicted molar refractivity (Wildman–Crippen MR) is 148 cm³/mol. The lowest BCUT2D eigenvalue weighted by Gasteiger charge is -2.44. The number of benzene rings is 2. The van der Waals surface area contributed by atoms with Gasteiger partial charge in [-0.15, -0.1) is 0 Å². The second kappa shape index (κ2) is 10.9. The van der Waals surface area contributed by atoms with E-state index in [0.717, 1.165) is 11.1 Å². The van der Waals surface area contributed by atoms with E-state index in [-0.39, 0.29) is 40.4 Å². The lowest BCUT2D eigenvalue weighted by Crippen LogP contribution is -2.49. The molecule has 0 radical (unpaired) electrons. The fourth-order valence-corrected chi connectivity index (χ4v) is 6.33. The van der Waals surface area contributed by atoms with Crippen molar-refractivity contribution < 1.29 is 23.1 Å². The average molecular weight is 528 g/mol. The van der Waals surface area contributed by atoms with Crippen molar-refractivity contribution in [3.63, 3.8) is 0 Å². The number of nitrogens with one attached hydrogen (secondary N) is 1. The van der Waals surface area contributed by atoms with Crippen LogP contribution in [0.15, 0.2) is 64.8 Å². The van der Waals surface area contributed by atoms with E-state index in [1.54, 1.807) is 30.3 Å². The maximum atomic E-state index is 13.4. The summed E-state index contributed by atoms with van der Waals surface area (Å²) in [6, 6.07) is 13.9. The molecule has 202 valence electrons. The SMILES string of the molecule is CC(C)c1ccc(S(=O)(=O)Nc2cccc(C(C3=C(O)CC(C(C)C)(C(C)C)OC3=O)C(C)C)c2)cc1. The third-order valence-corrected chi connectivity index (χ3v) is 8.94. The number of anilines is 1. The minimum atomic E-state index is -3.80. The molecule has 1 unspecified atom stereocenters. The molecule has 6 nitrogen and oxygen atoms in total. The molecule has 0 bridgehead atoms. The predicted octanol–water partition coefficient (Wildman–Crippen LogP) is 7.16. The summed E-state index contributed by atoms with van der Waals surface area (Å²) in [5.41, 5.74) is 1.65. The Kier molecular flexibility index (Phi) is 8.47. The smallest absolute Gasteiger partial charge is 0.338 e. The highest BCUT2D eigenvalue weighted by molar-refractivity contribution is 7.92. The lowest BCUT2D eigenvalue weighted by molar-refractivity contribution is -0.173. The quantitative estimate of drug-likeness (QED) is 0.338. The van der Waals surface area contributed by atoms with Gasteiger partial charge in [0.1, 0.15) is 11.4 Å². The first-order chi connectivity index (χ1) is 17.2. The molecule has 0 aliphatic carbocycles. The van der Waals surface area contributed by atoms with Gasteiger partial charge in [-0.2, -0.15) is 0 Å². The van der Waals surface area contributed by atoms with E-state index < -0.39 is 27.5 Å².